The maximum atomic E-state index is 11.9. The Hall–Kier alpha value is -0.140. The number of rotatable bonds is 0. The van der Waals surface area contributed by atoms with E-state index in [1.165, 1.54) is 0 Å². The molecule has 2 unspecified atom stereocenters. The zero-order valence-electron chi connectivity index (χ0n) is 6.03. The van der Waals surface area contributed by atoms with Crippen LogP contribution in [-0.2, 0) is 0 Å². The molecule has 0 N–H and O–H groups in total. The van der Waals surface area contributed by atoms with E-state index >= 15 is 0 Å². The molecular formula is C7H14F2. The first-order valence-corrected chi connectivity index (χ1v) is 3.59. The molecule has 0 nitrogen and oxygen atoms in total. The van der Waals surface area contributed by atoms with Crippen LogP contribution in [0.3, 0.4) is 0 Å². The molecule has 0 radical (unpaired) electrons. The van der Waals surface area contributed by atoms with Crippen LogP contribution in [0, 0.1) is 0 Å². The molecule has 0 aromatic heterocycles. The fourth-order valence-corrected chi connectivity index (χ4v) is 0.870. The van der Waals surface area contributed by atoms with Gasteiger partial charge in [-0.1, -0.05) is 13.8 Å². The van der Waals surface area contributed by atoms with E-state index in [1.54, 1.807) is 0 Å². The van der Waals surface area contributed by atoms with Crippen LogP contribution in [-0.4, -0.2) is 12.3 Å². The smallest absolute Gasteiger partial charge is 0.131 e. The molecule has 0 aromatic carbocycles. The maximum Gasteiger partial charge on any atom is 0.131 e. The Kier molecular flexibility index (Phi) is 4.64. The fourth-order valence-electron chi connectivity index (χ4n) is 0.870. The van der Waals surface area contributed by atoms with Crippen molar-refractivity contribution in [3.8, 4) is 0 Å². The summed E-state index contributed by atoms with van der Waals surface area (Å²) >= 11 is 0. The minimum atomic E-state index is -1.15. The monoisotopic (exact) mass is 136 g/mol. The Morgan fingerprint density at radius 2 is 1.33 bits per heavy atom. The lowest BCUT2D eigenvalue weighted by atomic mass is 10.3. The highest BCUT2D eigenvalue weighted by Gasteiger charge is 2.25. The van der Waals surface area contributed by atoms with Gasteiger partial charge in [0.25, 0.3) is 0 Å². The largest absolute Gasteiger partial charge is 0.244 e. The zero-order valence-corrected chi connectivity index (χ0v) is 6.03. The molecule has 0 aromatic rings. The van der Waals surface area contributed by atoms with Crippen molar-refractivity contribution in [1.82, 2.24) is 0 Å². The van der Waals surface area contributed by atoms with Gasteiger partial charge in [-0.3, -0.25) is 0 Å². The van der Waals surface area contributed by atoms with Gasteiger partial charge in [-0.15, -0.1) is 0 Å². The summed E-state index contributed by atoms with van der Waals surface area (Å²) in [5.41, 5.74) is 0. The first-order valence-electron chi connectivity index (χ1n) is 3.59. The Morgan fingerprint density at radius 3 is 1.44 bits per heavy atom. The number of hydrogen-bond acceptors (Lipinski definition) is 0. The standard InChI is InChI=1S/C5H8F2.C2H6/c6-4-2-1-3-5(4)7;1-2/h4-5H,1-3H2;1-2H3. The zero-order chi connectivity index (χ0) is 7.28. The number of halogens is 2. The first kappa shape index (κ1) is 8.86. The topological polar surface area (TPSA) is 0 Å². The normalized spacial score (nSPS) is 33.3. The number of hydrogen-bond donors (Lipinski definition) is 0. The molecule has 0 bridgehead atoms. The van der Waals surface area contributed by atoms with Crippen LogP contribution in [0.5, 0.6) is 0 Å². The van der Waals surface area contributed by atoms with Gasteiger partial charge in [-0.25, -0.2) is 8.78 Å². The van der Waals surface area contributed by atoms with Gasteiger partial charge in [0.2, 0.25) is 0 Å². The molecular weight excluding hydrogens is 122 g/mol. The van der Waals surface area contributed by atoms with Crippen LogP contribution in [0.4, 0.5) is 8.78 Å². The summed E-state index contributed by atoms with van der Waals surface area (Å²) in [4.78, 5) is 0. The van der Waals surface area contributed by atoms with Crippen LogP contribution >= 0.6 is 0 Å². The highest BCUT2D eigenvalue weighted by atomic mass is 19.2. The third-order valence-corrected chi connectivity index (χ3v) is 1.35. The highest BCUT2D eigenvalue weighted by molar-refractivity contribution is 4.75. The second-order valence-electron chi connectivity index (χ2n) is 1.96. The minimum Gasteiger partial charge on any atom is -0.244 e. The minimum absolute atomic E-state index is 0.432. The molecule has 0 amide bonds. The van der Waals surface area contributed by atoms with Gasteiger partial charge in [-0.2, -0.15) is 0 Å². The van der Waals surface area contributed by atoms with Crippen molar-refractivity contribution in [2.45, 2.75) is 45.5 Å². The van der Waals surface area contributed by atoms with Crippen LogP contribution in [0.15, 0.2) is 0 Å². The van der Waals surface area contributed by atoms with Gasteiger partial charge in [-0.05, 0) is 19.3 Å². The molecule has 2 atom stereocenters. The molecule has 1 rings (SSSR count). The summed E-state index contributed by atoms with van der Waals surface area (Å²) in [6.07, 6.45) is -0.718. The summed E-state index contributed by atoms with van der Waals surface area (Å²) in [6, 6.07) is 0. The molecule has 56 valence electrons. The second kappa shape index (κ2) is 4.71. The van der Waals surface area contributed by atoms with Gasteiger partial charge in [0.05, 0.1) is 0 Å². The van der Waals surface area contributed by atoms with Crippen molar-refractivity contribution >= 4 is 0 Å². The third kappa shape index (κ3) is 2.78. The van der Waals surface area contributed by atoms with Crippen LogP contribution in [0.2, 0.25) is 0 Å². The summed E-state index contributed by atoms with van der Waals surface area (Å²) in [5.74, 6) is 0. The van der Waals surface area contributed by atoms with Crippen LogP contribution < -0.4 is 0 Å². The van der Waals surface area contributed by atoms with Crippen molar-refractivity contribution in [3.05, 3.63) is 0 Å². The van der Waals surface area contributed by atoms with E-state index < -0.39 is 12.3 Å². The van der Waals surface area contributed by atoms with Crippen molar-refractivity contribution in [1.29, 1.82) is 0 Å². The van der Waals surface area contributed by atoms with Gasteiger partial charge >= 0.3 is 0 Å². The molecule has 0 aliphatic heterocycles. The lowest BCUT2D eigenvalue weighted by Gasteiger charge is -1.96. The van der Waals surface area contributed by atoms with E-state index in [4.69, 9.17) is 0 Å². The molecule has 0 heterocycles. The molecule has 9 heavy (non-hydrogen) atoms. The SMILES string of the molecule is CC.FC1CCCC1F. The van der Waals surface area contributed by atoms with E-state index in [2.05, 4.69) is 0 Å². The molecule has 1 fully saturated rings. The molecule has 1 aliphatic rings. The average Bonchev–Trinajstić information content (AvgIpc) is 2.23. The summed E-state index contributed by atoms with van der Waals surface area (Å²) < 4.78 is 23.9. The predicted molar refractivity (Wildman–Crippen MR) is 35.0 cm³/mol. The van der Waals surface area contributed by atoms with Crippen molar-refractivity contribution in [2.24, 2.45) is 0 Å². The van der Waals surface area contributed by atoms with Gasteiger partial charge in [0.15, 0.2) is 0 Å². The van der Waals surface area contributed by atoms with E-state index in [1.807, 2.05) is 13.8 Å². The van der Waals surface area contributed by atoms with Crippen LogP contribution in [0.1, 0.15) is 33.1 Å². The Bertz CT molecular complexity index is 55.9. The van der Waals surface area contributed by atoms with Gasteiger partial charge < -0.3 is 0 Å². The van der Waals surface area contributed by atoms with Crippen molar-refractivity contribution < 1.29 is 8.78 Å². The van der Waals surface area contributed by atoms with Crippen molar-refractivity contribution in [2.75, 3.05) is 0 Å². The van der Waals surface area contributed by atoms with E-state index in [0.717, 1.165) is 6.42 Å². The fraction of sp³-hybridized carbons (Fsp3) is 1.00. The Labute approximate surface area is 55.3 Å². The first-order chi connectivity index (χ1) is 4.30. The summed E-state index contributed by atoms with van der Waals surface area (Å²) in [6.45, 7) is 4.00. The van der Waals surface area contributed by atoms with Gasteiger partial charge in [0, 0.05) is 0 Å². The molecule has 0 saturated heterocycles. The van der Waals surface area contributed by atoms with E-state index in [0.29, 0.717) is 12.8 Å². The summed E-state index contributed by atoms with van der Waals surface area (Å²) in [5, 5.41) is 0. The molecule has 1 aliphatic carbocycles. The Balaban J connectivity index is 0.000000291. The van der Waals surface area contributed by atoms with E-state index in [-0.39, 0.29) is 0 Å². The third-order valence-electron chi connectivity index (χ3n) is 1.35. The lowest BCUT2D eigenvalue weighted by molar-refractivity contribution is 0.199. The molecule has 0 spiro atoms. The second-order valence-corrected chi connectivity index (χ2v) is 1.96. The van der Waals surface area contributed by atoms with E-state index in [9.17, 15) is 8.78 Å². The molecule has 1 saturated carbocycles. The maximum absolute atomic E-state index is 11.9. The lowest BCUT2D eigenvalue weighted by Crippen LogP contribution is -2.06. The highest BCUT2D eigenvalue weighted by Crippen LogP contribution is 2.24. The Morgan fingerprint density at radius 1 is 1.00 bits per heavy atom. The molecule has 2 heteroatoms. The quantitative estimate of drug-likeness (QED) is 0.480. The van der Waals surface area contributed by atoms with Gasteiger partial charge in [0.1, 0.15) is 12.3 Å². The average molecular weight is 136 g/mol. The number of alkyl halides is 2. The predicted octanol–water partition coefficient (Wildman–Crippen LogP) is 2.87. The van der Waals surface area contributed by atoms with Crippen LogP contribution in [0.25, 0.3) is 0 Å². The van der Waals surface area contributed by atoms with Crippen molar-refractivity contribution in [3.63, 3.8) is 0 Å². The summed E-state index contributed by atoms with van der Waals surface area (Å²) in [7, 11) is 0.